The molecule has 0 fully saturated rings. The quantitative estimate of drug-likeness (QED) is 0.690. The molecule has 112 valence electrons. The molecule has 0 bridgehead atoms. The second-order valence-electron chi connectivity index (χ2n) is 5.00. The number of hydrogen-bond acceptors (Lipinski definition) is 5. The number of carbonyl (C=O) groups is 1. The fourth-order valence-electron chi connectivity index (χ4n) is 2.47. The van der Waals surface area contributed by atoms with Crippen LogP contribution >= 0.6 is 11.3 Å². The van der Waals surface area contributed by atoms with E-state index in [2.05, 4.69) is 4.98 Å². The van der Waals surface area contributed by atoms with Crippen molar-refractivity contribution < 1.29 is 15.0 Å². The topological polar surface area (TPSA) is 96.4 Å². The van der Waals surface area contributed by atoms with Crippen molar-refractivity contribution in [2.45, 2.75) is 13.0 Å². The van der Waals surface area contributed by atoms with Gasteiger partial charge in [0.2, 0.25) is 0 Å². The number of nitrogen functional groups attached to an aromatic ring is 1. The predicted octanol–water partition coefficient (Wildman–Crippen LogP) is 2.97. The van der Waals surface area contributed by atoms with E-state index in [1.165, 1.54) is 0 Å². The van der Waals surface area contributed by atoms with Gasteiger partial charge in [0.05, 0.1) is 5.69 Å². The highest BCUT2D eigenvalue weighted by Gasteiger charge is 2.23. The molecule has 0 spiro atoms. The molecule has 0 aliphatic heterocycles. The minimum absolute atomic E-state index is 0.0506. The lowest BCUT2D eigenvalue weighted by Crippen LogP contribution is -2.03. The van der Waals surface area contributed by atoms with E-state index in [4.69, 9.17) is 5.73 Å². The largest absolute Gasteiger partial charge is 0.477 e. The molecule has 1 unspecified atom stereocenters. The van der Waals surface area contributed by atoms with Gasteiger partial charge in [-0.15, -0.1) is 11.3 Å². The van der Waals surface area contributed by atoms with Crippen molar-refractivity contribution >= 4 is 33.2 Å². The van der Waals surface area contributed by atoms with Crippen LogP contribution in [0.2, 0.25) is 0 Å². The number of aliphatic hydroxyl groups is 1. The zero-order valence-corrected chi connectivity index (χ0v) is 12.6. The minimum Gasteiger partial charge on any atom is -0.477 e. The van der Waals surface area contributed by atoms with E-state index in [9.17, 15) is 15.0 Å². The number of carboxylic acid groups (broad SMARTS) is 1. The van der Waals surface area contributed by atoms with Crippen LogP contribution in [0.1, 0.15) is 32.6 Å². The molecule has 6 heteroatoms. The van der Waals surface area contributed by atoms with E-state index in [1.54, 1.807) is 13.0 Å². The Morgan fingerprint density at radius 2 is 2.00 bits per heavy atom. The molecule has 2 heterocycles. The van der Waals surface area contributed by atoms with Crippen molar-refractivity contribution in [3.05, 3.63) is 58.1 Å². The molecule has 0 saturated heterocycles. The number of pyridine rings is 1. The average Bonchev–Trinajstić information content (AvgIpc) is 2.83. The van der Waals surface area contributed by atoms with E-state index in [-0.39, 0.29) is 10.6 Å². The van der Waals surface area contributed by atoms with E-state index < -0.39 is 12.1 Å². The number of thiophene rings is 1. The second kappa shape index (κ2) is 5.40. The zero-order chi connectivity index (χ0) is 15.9. The number of aryl methyl sites for hydroxylation is 1. The molecule has 22 heavy (non-hydrogen) atoms. The molecular weight excluding hydrogens is 300 g/mol. The molecule has 0 radical (unpaired) electrons. The number of aromatic nitrogens is 1. The van der Waals surface area contributed by atoms with Gasteiger partial charge in [-0.2, -0.15) is 0 Å². The lowest BCUT2D eigenvalue weighted by molar-refractivity contribution is 0.0703. The van der Waals surface area contributed by atoms with Gasteiger partial charge >= 0.3 is 5.97 Å². The molecule has 0 saturated carbocycles. The number of carboxylic acids is 1. The Bertz CT molecular complexity index is 859. The summed E-state index contributed by atoms with van der Waals surface area (Å²) >= 11 is 1.03. The van der Waals surface area contributed by atoms with Crippen LogP contribution in [0.25, 0.3) is 10.2 Å². The SMILES string of the molecule is Cc1cc(C(O)c2ccccc2)c2c(N)c(C(=O)O)sc2n1. The molecule has 1 aromatic carbocycles. The molecule has 3 rings (SSSR count). The van der Waals surface area contributed by atoms with Gasteiger partial charge in [0.15, 0.2) is 0 Å². The normalized spacial score (nSPS) is 12.5. The third kappa shape index (κ3) is 2.32. The molecular formula is C16H14N2O3S. The summed E-state index contributed by atoms with van der Waals surface area (Å²) in [4.78, 5) is 16.2. The molecule has 4 N–H and O–H groups in total. The van der Waals surface area contributed by atoms with Crippen LogP contribution in [-0.4, -0.2) is 21.2 Å². The maximum Gasteiger partial charge on any atom is 0.348 e. The van der Waals surface area contributed by atoms with Gasteiger partial charge in [0.1, 0.15) is 15.8 Å². The summed E-state index contributed by atoms with van der Waals surface area (Å²) in [5.41, 5.74) is 8.14. The van der Waals surface area contributed by atoms with Crippen molar-refractivity contribution in [1.82, 2.24) is 4.98 Å². The van der Waals surface area contributed by atoms with Crippen molar-refractivity contribution in [1.29, 1.82) is 0 Å². The third-order valence-corrected chi connectivity index (χ3v) is 4.55. The number of aliphatic hydroxyl groups excluding tert-OH is 1. The highest BCUT2D eigenvalue weighted by Crippen LogP contribution is 2.39. The Kier molecular flexibility index (Phi) is 3.56. The maximum atomic E-state index is 11.3. The highest BCUT2D eigenvalue weighted by molar-refractivity contribution is 7.21. The molecule has 0 amide bonds. The smallest absolute Gasteiger partial charge is 0.348 e. The second-order valence-corrected chi connectivity index (χ2v) is 6.00. The van der Waals surface area contributed by atoms with Crippen molar-refractivity contribution in [3.63, 3.8) is 0 Å². The Hall–Kier alpha value is -2.44. The zero-order valence-electron chi connectivity index (χ0n) is 11.8. The average molecular weight is 314 g/mol. The summed E-state index contributed by atoms with van der Waals surface area (Å²) in [7, 11) is 0. The molecule has 0 aliphatic rings. The number of rotatable bonds is 3. The Morgan fingerprint density at radius 3 is 2.64 bits per heavy atom. The van der Waals surface area contributed by atoms with Crippen molar-refractivity contribution in [2.24, 2.45) is 0 Å². The molecule has 1 atom stereocenters. The minimum atomic E-state index is -1.08. The van der Waals surface area contributed by atoms with E-state index in [1.807, 2.05) is 30.3 Å². The molecule has 5 nitrogen and oxygen atoms in total. The molecule has 0 aliphatic carbocycles. The van der Waals surface area contributed by atoms with Crippen LogP contribution in [-0.2, 0) is 0 Å². The highest BCUT2D eigenvalue weighted by atomic mass is 32.1. The van der Waals surface area contributed by atoms with Crippen LogP contribution in [0, 0.1) is 6.92 Å². The fraction of sp³-hybridized carbons (Fsp3) is 0.125. The molecule has 3 aromatic rings. The maximum absolute atomic E-state index is 11.3. The summed E-state index contributed by atoms with van der Waals surface area (Å²) in [6.45, 7) is 1.80. The first-order valence-electron chi connectivity index (χ1n) is 6.65. The first-order chi connectivity index (χ1) is 10.5. The summed E-state index contributed by atoms with van der Waals surface area (Å²) in [5, 5.41) is 20.4. The van der Waals surface area contributed by atoms with Gasteiger partial charge in [-0.05, 0) is 24.1 Å². The monoisotopic (exact) mass is 314 g/mol. The van der Waals surface area contributed by atoms with Crippen LogP contribution in [0.3, 0.4) is 0 Å². The van der Waals surface area contributed by atoms with Crippen molar-refractivity contribution in [2.75, 3.05) is 5.73 Å². The summed E-state index contributed by atoms with van der Waals surface area (Å²) in [6, 6.07) is 10.9. The fourth-order valence-corrected chi connectivity index (χ4v) is 3.48. The Morgan fingerprint density at radius 1 is 1.32 bits per heavy atom. The molecule has 2 aromatic heterocycles. The van der Waals surface area contributed by atoms with Gasteiger partial charge in [-0.25, -0.2) is 9.78 Å². The van der Waals surface area contributed by atoms with E-state index >= 15 is 0 Å². The Labute approximate surface area is 130 Å². The standard InChI is InChI=1S/C16H14N2O3S/c1-8-7-10(13(19)9-5-3-2-4-6-9)11-12(17)14(16(20)21)22-15(11)18-8/h2-7,13,19H,17H2,1H3,(H,20,21). The first kappa shape index (κ1) is 14.5. The number of benzene rings is 1. The van der Waals surface area contributed by atoms with Crippen molar-refractivity contribution in [3.8, 4) is 0 Å². The third-order valence-electron chi connectivity index (χ3n) is 3.46. The van der Waals surface area contributed by atoms with Gasteiger partial charge < -0.3 is 15.9 Å². The summed E-state index contributed by atoms with van der Waals surface area (Å²) in [6.07, 6.45) is -0.885. The van der Waals surface area contributed by atoms with Crippen LogP contribution in [0.5, 0.6) is 0 Å². The lowest BCUT2D eigenvalue weighted by atomic mass is 9.98. The van der Waals surface area contributed by atoms with E-state index in [0.29, 0.717) is 21.5 Å². The van der Waals surface area contributed by atoms with Gasteiger partial charge in [0, 0.05) is 11.1 Å². The summed E-state index contributed by atoms with van der Waals surface area (Å²) in [5.74, 6) is -1.08. The van der Waals surface area contributed by atoms with Gasteiger partial charge in [0.25, 0.3) is 0 Å². The van der Waals surface area contributed by atoms with Crippen LogP contribution in [0.15, 0.2) is 36.4 Å². The number of aromatic carboxylic acids is 1. The van der Waals surface area contributed by atoms with Gasteiger partial charge in [-0.3, -0.25) is 0 Å². The Balaban J connectivity index is 2.27. The summed E-state index contributed by atoms with van der Waals surface area (Å²) < 4.78 is 0. The predicted molar refractivity (Wildman–Crippen MR) is 86.2 cm³/mol. The van der Waals surface area contributed by atoms with E-state index in [0.717, 1.165) is 16.9 Å². The number of hydrogen-bond donors (Lipinski definition) is 3. The number of nitrogens with zero attached hydrogens (tertiary/aromatic N) is 1. The number of fused-ring (bicyclic) bond motifs is 1. The number of anilines is 1. The van der Waals surface area contributed by atoms with Gasteiger partial charge in [-0.1, -0.05) is 30.3 Å². The number of nitrogens with two attached hydrogens (primary N) is 1. The first-order valence-corrected chi connectivity index (χ1v) is 7.46. The van der Waals surface area contributed by atoms with Crippen LogP contribution < -0.4 is 5.73 Å². The van der Waals surface area contributed by atoms with Crippen LogP contribution in [0.4, 0.5) is 5.69 Å². The lowest BCUT2D eigenvalue weighted by Gasteiger charge is -2.14.